The molecule has 0 unspecified atom stereocenters. The van der Waals surface area contributed by atoms with E-state index in [4.69, 9.17) is 14.2 Å². The summed E-state index contributed by atoms with van der Waals surface area (Å²) in [5.41, 5.74) is 3.86. The van der Waals surface area contributed by atoms with E-state index in [0.29, 0.717) is 36.8 Å². The SMILES string of the molecule is CCN(CC(=O)N1CCc2sccc2[C@H]1COc1ccc(C)cc1C)C(=O)c1ccc2c(c1)OCO2. The first-order valence-electron chi connectivity index (χ1n) is 12.2. The third-order valence-corrected chi connectivity index (χ3v) is 7.75. The summed E-state index contributed by atoms with van der Waals surface area (Å²) in [5, 5.41) is 2.07. The molecular formula is C28H30N2O5S. The predicted molar refractivity (Wildman–Crippen MR) is 138 cm³/mol. The molecule has 5 rings (SSSR count). The molecule has 0 aliphatic carbocycles. The molecule has 3 heterocycles. The molecule has 188 valence electrons. The summed E-state index contributed by atoms with van der Waals surface area (Å²) >= 11 is 1.72. The Kier molecular flexibility index (Phi) is 6.87. The summed E-state index contributed by atoms with van der Waals surface area (Å²) < 4.78 is 17.0. The lowest BCUT2D eigenvalue weighted by molar-refractivity contribution is -0.135. The number of amides is 2. The number of hydrogen-bond acceptors (Lipinski definition) is 6. The number of carbonyl (C=O) groups excluding carboxylic acids is 2. The molecule has 36 heavy (non-hydrogen) atoms. The third kappa shape index (κ3) is 4.78. The van der Waals surface area contributed by atoms with Crippen LogP contribution in [-0.4, -0.2) is 54.6 Å². The van der Waals surface area contributed by atoms with Crippen molar-refractivity contribution in [2.24, 2.45) is 0 Å². The molecule has 2 aliphatic heterocycles. The maximum atomic E-state index is 13.6. The summed E-state index contributed by atoms with van der Waals surface area (Å²) in [7, 11) is 0. The molecule has 2 aromatic carbocycles. The van der Waals surface area contributed by atoms with Crippen LogP contribution >= 0.6 is 11.3 Å². The minimum Gasteiger partial charge on any atom is -0.491 e. The first-order chi connectivity index (χ1) is 17.4. The third-order valence-electron chi connectivity index (χ3n) is 6.76. The van der Waals surface area contributed by atoms with Crippen LogP contribution in [0.5, 0.6) is 17.2 Å². The molecular weight excluding hydrogens is 476 g/mol. The first-order valence-corrected chi connectivity index (χ1v) is 13.1. The van der Waals surface area contributed by atoms with Crippen LogP contribution in [0.25, 0.3) is 0 Å². The number of ether oxygens (including phenoxy) is 3. The van der Waals surface area contributed by atoms with Crippen molar-refractivity contribution in [1.82, 2.24) is 9.80 Å². The Morgan fingerprint density at radius 3 is 2.75 bits per heavy atom. The number of thiophene rings is 1. The fourth-order valence-corrected chi connectivity index (χ4v) is 5.73. The van der Waals surface area contributed by atoms with E-state index in [2.05, 4.69) is 24.4 Å². The highest BCUT2D eigenvalue weighted by Crippen LogP contribution is 2.35. The summed E-state index contributed by atoms with van der Waals surface area (Å²) in [4.78, 5) is 31.6. The number of benzene rings is 2. The number of aryl methyl sites for hydroxylation is 2. The Bertz CT molecular complexity index is 1290. The second kappa shape index (κ2) is 10.2. The smallest absolute Gasteiger partial charge is 0.254 e. The normalized spacial score (nSPS) is 16.0. The highest BCUT2D eigenvalue weighted by Gasteiger charge is 2.33. The number of hydrogen-bond donors (Lipinski definition) is 0. The second-order valence-corrected chi connectivity index (χ2v) is 10.1. The lowest BCUT2D eigenvalue weighted by Gasteiger charge is -2.37. The van der Waals surface area contributed by atoms with Gasteiger partial charge in [-0.3, -0.25) is 9.59 Å². The summed E-state index contributed by atoms with van der Waals surface area (Å²) in [5.74, 6) is 1.70. The Morgan fingerprint density at radius 1 is 1.11 bits per heavy atom. The maximum Gasteiger partial charge on any atom is 0.254 e. The molecule has 0 spiro atoms. The van der Waals surface area contributed by atoms with Gasteiger partial charge in [0.25, 0.3) is 5.91 Å². The minimum absolute atomic E-state index is 0.00328. The fourth-order valence-electron chi connectivity index (χ4n) is 4.80. The van der Waals surface area contributed by atoms with Gasteiger partial charge in [0.2, 0.25) is 12.7 Å². The average Bonchev–Trinajstić information content (AvgIpc) is 3.55. The molecule has 2 amide bonds. The van der Waals surface area contributed by atoms with Gasteiger partial charge in [-0.2, -0.15) is 0 Å². The molecule has 0 saturated heterocycles. The zero-order valence-electron chi connectivity index (χ0n) is 20.8. The van der Waals surface area contributed by atoms with Gasteiger partial charge in [-0.25, -0.2) is 0 Å². The van der Waals surface area contributed by atoms with E-state index in [-0.39, 0.29) is 31.2 Å². The highest BCUT2D eigenvalue weighted by atomic mass is 32.1. The molecule has 0 radical (unpaired) electrons. The Hall–Kier alpha value is -3.52. The van der Waals surface area contributed by atoms with E-state index >= 15 is 0 Å². The Morgan fingerprint density at radius 2 is 1.94 bits per heavy atom. The molecule has 1 atom stereocenters. The number of fused-ring (bicyclic) bond motifs is 2. The van der Waals surface area contributed by atoms with Crippen LogP contribution in [0.4, 0.5) is 0 Å². The van der Waals surface area contributed by atoms with Gasteiger partial charge in [0, 0.05) is 23.5 Å². The topological polar surface area (TPSA) is 68.3 Å². The van der Waals surface area contributed by atoms with E-state index in [9.17, 15) is 9.59 Å². The fraction of sp³-hybridized carbons (Fsp3) is 0.357. The van der Waals surface area contributed by atoms with Crippen molar-refractivity contribution in [3.63, 3.8) is 0 Å². The van der Waals surface area contributed by atoms with Gasteiger partial charge in [-0.05, 0) is 74.0 Å². The minimum atomic E-state index is -0.208. The quantitative estimate of drug-likeness (QED) is 0.462. The number of carbonyl (C=O) groups is 2. The van der Waals surface area contributed by atoms with E-state index in [0.717, 1.165) is 23.3 Å². The van der Waals surface area contributed by atoms with Crippen LogP contribution in [0.2, 0.25) is 0 Å². The van der Waals surface area contributed by atoms with Gasteiger partial charge in [0.15, 0.2) is 11.5 Å². The van der Waals surface area contributed by atoms with Crippen molar-refractivity contribution in [2.45, 2.75) is 33.2 Å². The van der Waals surface area contributed by atoms with Gasteiger partial charge in [0.05, 0.1) is 6.04 Å². The first kappa shape index (κ1) is 24.2. The van der Waals surface area contributed by atoms with Crippen molar-refractivity contribution in [2.75, 3.05) is 33.0 Å². The van der Waals surface area contributed by atoms with Gasteiger partial charge in [0.1, 0.15) is 18.9 Å². The zero-order chi connectivity index (χ0) is 25.2. The van der Waals surface area contributed by atoms with Crippen LogP contribution in [0.3, 0.4) is 0 Å². The van der Waals surface area contributed by atoms with E-state index in [1.54, 1.807) is 34.4 Å². The maximum absolute atomic E-state index is 13.6. The van der Waals surface area contributed by atoms with Crippen molar-refractivity contribution >= 4 is 23.2 Å². The average molecular weight is 507 g/mol. The van der Waals surface area contributed by atoms with E-state index in [1.165, 1.54) is 10.4 Å². The summed E-state index contributed by atoms with van der Waals surface area (Å²) in [6, 6.07) is 13.1. The van der Waals surface area contributed by atoms with Gasteiger partial charge < -0.3 is 24.0 Å². The lowest BCUT2D eigenvalue weighted by Crippen LogP contribution is -2.47. The van der Waals surface area contributed by atoms with E-state index < -0.39 is 0 Å². The molecule has 0 fully saturated rings. The van der Waals surface area contributed by atoms with Crippen LogP contribution in [0.15, 0.2) is 47.8 Å². The van der Waals surface area contributed by atoms with E-state index in [1.807, 2.05) is 30.9 Å². The van der Waals surface area contributed by atoms with Gasteiger partial charge in [-0.15, -0.1) is 11.3 Å². The molecule has 0 N–H and O–H groups in total. The molecule has 7 nitrogen and oxygen atoms in total. The standard InChI is InChI=1S/C28H30N2O5S/c1-4-29(28(32)20-6-8-24-25(14-20)35-17-34-24)15-27(31)30-11-9-26-21(10-12-36-26)22(30)16-33-23-7-5-18(2)13-19(23)3/h5-8,10,12-14,22H,4,9,11,15-17H2,1-3H3/t22-/m1/s1. The molecule has 2 aliphatic rings. The zero-order valence-corrected chi connectivity index (χ0v) is 21.6. The van der Waals surface area contributed by atoms with Gasteiger partial charge in [-0.1, -0.05) is 17.7 Å². The van der Waals surface area contributed by atoms with Crippen LogP contribution in [0, 0.1) is 13.8 Å². The largest absolute Gasteiger partial charge is 0.491 e. The Balaban J connectivity index is 1.32. The molecule has 0 saturated carbocycles. The summed E-state index contributed by atoms with van der Waals surface area (Å²) in [6.07, 6.45) is 0.807. The van der Waals surface area contributed by atoms with Crippen LogP contribution < -0.4 is 14.2 Å². The van der Waals surface area contributed by atoms with Crippen LogP contribution in [0.1, 0.15) is 44.9 Å². The van der Waals surface area contributed by atoms with Crippen molar-refractivity contribution in [1.29, 1.82) is 0 Å². The van der Waals surface area contributed by atoms with Crippen molar-refractivity contribution < 1.29 is 23.8 Å². The summed E-state index contributed by atoms with van der Waals surface area (Å²) in [6.45, 7) is 7.50. The predicted octanol–water partition coefficient (Wildman–Crippen LogP) is 4.76. The van der Waals surface area contributed by atoms with Crippen molar-refractivity contribution in [3.05, 3.63) is 75.0 Å². The highest BCUT2D eigenvalue weighted by molar-refractivity contribution is 7.10. The van der Waals surface area contributed by atoms with Gasteiger partial charge >= 0.3 is 0 Å². The van der Waals surface area contributed by atoms with Crippen molar-refractivity contribution in [3.8, 4) is 17.2 Å². The van der Waals surface area contributed by atoms with Crippen LogP contribution in [-0.2, 0) is 11.2 Å². The number of rotatable bonds is 7. The Labute approximate surface area is 215 Å². The molecule has 3 aromatic rings. The number of likely N-dealkylation sites (N-methyl/N-ethyl adjacent to an activating group) is 1. The second-order valence-electron chi connectivity index (χ2n) is 9.12. The number of nitrogens with zero attached hydrogens (tertiary/aromatic N) is 2. The monoisotopic (exact) mass is 506 g/mol. The molecule has 0 bridgehead atoms. The lowest BCUT2D eigenvalue weighted by atomic mass is 10.00. The molecule has 8 heteroatoms. The molecule has 1 aromatic heterocycles.